The Morgan fingerprint density at radius 2 is 1.14 bits per heavy atom. The summed E-state index contributed by atoms with van der Waals surface area (Å²) < 4.78 is 0. The van der Waals surface area contributed by atoms with Crippen molar-refractivity contribution < 1.29 is 9.59 Å². The lowest BCUT2D eigenvalue weighted by Crippen LogP contribution is -2.57. The third-order valence-corrected chi connectivity index (χ3v) is 5.17. The minimum Gasteiger partial charge on any atom is -0.350 e. The molecule has 2 amide bonds. The first kappa shape index (κ1) is 15.7. The minimum atomic E-state index is -0.0465. The van der Waals surface area contributed by atoms with Gasteiger partial charge in [-0.15, -0.1) is 0 Å². The lowest BCUT2D eigenvalue weighted by Gasteiger charge is -2.34. The zero-order valence-electron chi connectivity index (χ0n) is 13.2. The Bertz CT molecular complexity index is 365. The average Bonchev–Trinajstić information content (AvgIpc) is 3.23. The van der Waals surface area contributed by atoms with Gasteiger partial charge in [0.2, 0.25) is 11.8 Å². The largest absolute Gasteiger partial charge is 0.350 e. The first-order valence-corrected chi connectivity index (χ1v) is 8.81. The highest BCUT2D eigenvalue weighted by atomic mass is 16.2. The van der Waals surface area contributed by atoms with Crippen molar-refractivity contribution in [2.45, 2.75) is 75.5 Å². The molecule has 0 aromatic carbocycles. The van der Waals surface area contributed by atoms with Crippen molar-refractivity contribution >= 4 is 11.8 Å². The number of carbonyl (C=O) groups is 2. The Labute approximate surface area is 132 Å². The molecule has 3 fully saturated rings. The summed E-state index contributed by atoms with van der Waals surface area (Å²) in [6.45, 7) is 1.85. The van der Waals surface area contributed by atoms with Crippen molar-refractivity contribution in [1.29, 1.82) is 0 Å². The molecular formula is C16H28N4O2. The number of amides is 2. The van der Waals surface area contributed by atoms with Gasteiger partial charge in [0.15, 0.2) is 0 Å². The SMILES string of the molecule is O=C(N[C@@H]1CCCC[C@H]1NC(=O)[C@@H]1CCCN1)C1CCCN1. The van der Waals surface area contributed by atoms with Crippen LogP contribution < -0.4 is 21.3 Å². The molecule has 3 aliphatic rings. The summed E-state index contributed by atoms with van der Waals surface area (Å²) in [5.41, 5.74) is 0. The van der Waals surface area contributed by atoms with Crippen LogP contribution in [-0.2, 0) is 9.59 Å². The van der Waals surface area contributed by atoms with E-state index in [9.17, 15) is 9.59 Å². The zero-order chi connectivity index (χ0) is 15.4. The van der Waals surface area contributed by atoms with Crippen LogP contribution >= 0.6 is 0 Å². The molecule has 0 bridgehead atoms. The molecule has 4 atom stereocenters. The lowest BCUT2D eigenvalue weighted by molar-refractivity contribution is -0.126. The summed E-state index contributed by atoms with van der Waals surface area (Å²) in [7, 11) is 0. The molecule has 0 aromatic rings. The maximum absolute atomic E-state index is 12.3. The molecule has 1 unspecified atom stereocenters. The highest BCUT2D eigenvalue weighted by Crippen LogP contribution is 2.20. The van der Waals surface area contributed by atoms with Crippen LogP contribution in [-0.4, -0.2) is 49.1 Å². The van der Waals surface area contributed by atoms with Crippen molar-refractivity contribution in [2.75, 3.05) is 13.1 Å². The summed E-state index contributed by atoms with van der Waals surface area (Å²) in [6.07, 6.45) is 8.13. The molecular weight excluding hydrogens is 280 g/mol. The number of nitrogens with one attached hydrogen (secondary N) is 4. The van der Waals surface area contributed by atoms with Crippen LogP contribution in [0.2, 0.25) is 0 Å². The molecule has 2 aliphatic heterocycles. The Morgan fingerprint density at radius 1 is 0.682 bits per heavy atom. The van der Waals surface area contributed by atoms with Crippen molar-refractivity contribution in [2.24, 2.45) is 0 Å². The molecule has 22 heavy (non-hydrogen) atoms. The Kier molecular flexibility index (Phi) is 5.31. The van der Waals surface area contributed by atoms with E-state index in [-0.39, 0.29) is 36.0 Å². The van der Waals surface area contributed by atoms with E-state index in [0.29, 0.717) is 0 Å². The maximum atomic E-state index is 12.3. The zero-order valence-corrected chi connectivity index (χ0v) is 13.2. The van der Waals surface area contributed by atoms with Crippen molar-refractivity contribution in [3.05, 3.63) is 0 Å². The molecule has 1 aliphatic carbocycles. The predicted molar refractivity (Wildman–Crippen MR) is 84.4 cm³/mol. The van der Waals surface area contributed by atoms with Gasteiger partial charge in [-0.05, 0) is 51.6 Å². The third kappa shape index (κ3) is 3.79. The van der Waals surface area contributed by atoms with Gasteiger partial charge >= 0.3 is 0 Å². The van der Waals surface area contributed by atoms with Gasteiger partial charge in [-0.2, -0.15) is 0 Å². The smallest absolute Gasteiger partial charge is 0.237 e. The van der Waals surface area contributed by atoms with Crippen LogP contribution in [0, 0.1) is 0 Å². The van der Waals surface area contributed by atoms with Gasteiger partial charge < -0.3 is 21.3 Å². The van der Waals surface area contributed by atoms with Crippen LogP contribution in [0.1, 0.15) is 51.4 Å². The molecule has 0 aromatic heterocycles. The van der Waals surface area contributed by atoms with Crippen LogP contribution in [0.3, 0.4) is 0 Å². The second kappa shape index (κ2) is 7.42. The van der Waals surface area contributed by atoms with Gasteiger partial charge in [0.25, 0.3) is 0 Å². The molecule has 2 saturated heterocycles. The Balaban J connectivity index is 1.53. The number of hydrogen-bond acceptors (Lipinski definition) is 4. The average molecular weight is 308 g/mol. The molecule has 6 nitrogen and oxygen atoms in total. The first-order chi connectivity index (χ1) is 10.7. The number of hydrogen-bond donors (Lipinski definition) is 4. The molecule has 0 radical (unpaired) electrons. The number of rotatable bonds is 4. The molecule has 3 rings (SSSR count). The molecule has 0 spiro atoms. The summed E-state index contributed by atoms with van der Waals surface area (Å²) in [6, 6.07) is 0.0626. The summed E-state index contributed by atoms with van der Waals surface area (Å²) in [4.78, 5) is 24.6. The molecule has 4 N–H and O–H groups in total. The van der Waals surface area contributed by atoms with E-state index in [1.807, 2.05) is 0 Å². The van der Waals surface area contributed by atoms with Crippen molar-refractivity contribution in [3.63, 3.8) is 0 Å². The minimum absolute atomic E-state index is 0.0465. The van der Waals surface area contributed by atoms with Crippen LogP contribution in [0.5, 0.6) is 0 Å². The first-order valence-electron chi connectivity index (χ1n) is 8.81. The second-order valence-corrected chi connectivity index (χ2v) is 6.81. The standard InChI is InChI=1S/C16H28N4O2/c21-15(13-7-3-9-17-13)19-11-5-1-2-6-12(11)20-16(22)14-8-4-10-18-14/h11-14,17-18H,1-10H2,(H,19,21)(H,20,22)/t11-,12-,13+,14?/m1/s1. The van der Waals surface area contributed by atoms with Gasteiger partial charge in [-0.25, -0.2) is 0 Å². The quantitative estimate of drug-likeness (QED) is 0.591. The third-order valence-electron chi connectivity index (χ3n) is 5.17. The van der Waals surface area contributed by atoms with E-state index in [1.54, 1.807) is 0 Å². The predicted octanol–water partition coefficient (Wildman–Crippen LogP) is 0.0340. The van der Waals surface area contributed by atoms with E-state index in [0.717, 1.165) is 64.5 Å². The van der Waals surface area contributed by atoms with Gasteiger partial charge in [0.05, 0.1) is 12.1 Å². The maximum Gasteiger partial charge on any atom is 0.237 e. The highest BCUT2D eigenvalue weighted by molar-refractivity contribution is 5.83. The molecule has 1 saturated carbocycles. The summed E-state index contributed by atoms with van der Waals surface area (Å²) in [5.74, 6) is 0.199. The Morgan fingerprint density at radius 3 is 1.50 bits per heavy atom. The highest BCUT2D eigenvalue weighted by Gasteiger charge is 2.32. The van der Waals surface area contributed by atoms with Gasteiger partial charge in [0.1, 0.15) is 0 Å². The van der Waals surface area contributed by atoms with Crippen molar-refractivity contribution in [1.82, 2.24) is 21.3 Å². The van der Waals surface area contributed by atoms with Crippen LogP contribution in [0.4, 0.5) is 0 Å². The number of carbonyl (C=O) groups excluding carboxylic acids is 2. The van der Waals surface area contributed by atoms with E-state index < -0.39 is 0 Å². The lowest BCUT2D eigenvalue weighted by atomic mass is 9.89. The van der Waals surface area contributed by atoms with Gasteiger partial charge in [-0.3, -0.25) is 9.59 Å². The van der Waals surface area contributed by atoms with Gasteiger partial charge in [-0.1, -0.05) is 12.8 Å². The van der Waals surface area contributed by atoms with E-state index in [1.165, 1.54) is 0 Å². The van der Waals surface area contributed by atoms with Gasteiger partial charge in [0, 0.05) is 12.1 Å². The van der Waals surface area contributed by atoms with E-state index >= 15 is 0 Å². The molecule has 124 valence electrons. The fraction of sp³-hybridized carbons (Fsp3) is 0.875. The second-order valence-electron chi connectivity index (χ2n) is 6.81. The summed E-state index contributed by atoms with van der Waals surface area (Å²) in [5, 5.41) is 12.8. The normalized spacial score (nSPS) is 35.3. The fourth-order valence-electron chi connectivity index (χ4n) is 3.86. The van der Waals surface area contributed by atoms with E-state index in [2.05, 4.69) is 21.3 Å². The molecule has 6 heteroatoms. The Hall–Kier alpha value is -1.14. The van der Waals surface area contributed by atoms with Crippen molar-refractivity contribution in [3.8, 4) is 0 Å². The monoisotopic (exact) mass is 308 g/mol. The van der Waals surface area contributed by atoms with Crippen LogP contribution in [0.15, 0.2) is 0 Å². The fourth-order valence-corrected chi connectivity index (χ4v) is 3.86. The topological polar surface area (TPSA) is 82.3 Å². The van der Waals surface area contributed by atoms with Crippen LogP contribution in [0.25, 0.3) is 0 Å². The van der Waals surface area contributed by atoms with E-state index in [4.69, 9.17) is 0 Å². The summed E-state index contributed by atoms with van der Waals surface area (Å²) >= 11 is 0. The molecule has 2 heterocycles.